The number of hydrogen-bond donors (Lipinski definition) is 2. The van der Waals surface area contributed by atoms with Gasteiger partial charge in [-0.3, -0.25) is 9.59 Å². The molecule has 5 unspecified atom stereocenters. The van der Waals surface area contributed by atoms with Gasteiger partial charge in [-0.15, -0.1) is 0 Å². The molecule has 2 bridgehead atoms. The van der Waals surface area contributed by atoms with Gasteiger partial charge in [0.15, 0.2) is 0 Å². The molecular weight excluding hydrogens is 290 g/mol. The van der Waals surface area contributed by atoms with E-state index >= 15 is 0 Å². The first-order chi connectivity index (χ1) is 11.0. The lowest BCUT2D eigenvalue weighted by molar-refractivity contribution is -0.141. The lowest BCUT2D eigenvalue weighted by Crippen LogP contribution is -2.18. The molecule has 1 aromatic carbocycles. The molecule has 0 heterocycles. The van der Waals surface area contributed by atoms with Gasteiger partial charge in [-0.2, -0.15) is 0 Å². The molecule has 0 aliphatic heterocycles. The van der Waals surface area contributed by atoms with Crippen molar-refractivity contribution in [3.8, 4) is 0 Å². The zero-order chi connectivity index (χ0) is 16.1. The van der Waals surface area contributed by atoms with Crippen molar-refractivity contribution < 1.29 is 14.7 Å². The molecule has 4 rings (SSSR count). The zero-order valence-electron chi connectivity index (χ0n) is 13.4. The van der Waals surface area contributed by atoms with Crippen LogP contribution in [0.2, 0.25) is 0 Å². The van der Waals surface area contributed by atoms with Crippen molar-refractivity contribution in [3.63, 3.8) is 0 Å². The normalized spacial score (nSPS) is 34.7. The first-order valence-electron chi connectivity index (χ1n) is 8.67. The van der Waals surface area contributed by atoms with E-state index in [1.54, 1.807) is 6.92 Å². The average Bonchev–Trinajstić information content (AvgIpc) is 2.97. The number of amides is 1. The highest BCUT2D eigenvalue weighted by molar-refractivity contribution is 5.95. The van der Waals surface area contributed by atoms with Crippen molar-refractivity contribution in [2.45, 2.75) is 32.6 Å². The first kappa shape index (κ1) is 14.7. The molecule has 0 saturated heterocycles. The Kier molecular flexibility index (Phi) is 3.43. The number of carbonyl (C=O) groups excluding carboxylic acids is 1. The van der Waals surface area contributed by atoms with Gasteiger partial charge < -0.3 is 10.4 Å². The Bertz CT molecular complexity index is 623. The van der Waals surface area contributed by atoms with E-state index in [1.807, 2.05) is 24.3 Å². The molecule has 4 heteroatoms. The predicted octanol–water partition coefficient (Wildman–Crippen LogP) is 3.18. The van der Waals surface area contributed by atoms with Crippen LogP contribution < -0.4 is 5.32 Å². The van der Waals surface area contributed by atoms with Gasteiger partial charge in [-0.25, -0.2) is 0 Å². The van der Waals surface area contributed by atoms with E-state index in [-0.39, 0.29) is 11.8 Å². The van der Waals surface area contributed by atoms with Crippen LogP contribution in [0.3, 0.4) is 0 Å². The van der Waals surface area contributed by atoms with Crippen molar-refractivity contribution in [2.24, 2.45) is 35.5 Å². The fraction of sp³-hybridized carbons (Fsp3) is 0.579. The summed E-state index contributed by atoms with van der Waals surface area (Å²) in [5, 5.41) is 12.0. The molecule has 5 atom stereocenters. The lowest BCUT2D eigenvalue weighted by Gasteiger charge is -2.11. The largest absolute Gasteiger partial charge is 0.481 e. The SMILES string of the molecule is CC(Cc1ccc(NC(=O)C2C3C4CCC(C4)C23)cc1)C(=O)O. The molecule has 1 amide bonds. The minimum atomic E-state index is -0.780. The van der Waals surface area contributed by atoms with Crippen molar-refractivity contribution >= 4 is 17.6 Å². The number of fused-ring (bicyclic) bond motifs is 5. The van der Waals surface area contributed by atoms with Gasteiger partial charge in [-0.1, -0.05) is 19.1 Å². The fourth-order valence-electron chi connectivity index (χ4n) is 5.07. The molecule has 3 aliphatic rings. The van der Waals surface area contributed by atoms with Crippen LogP contribution in [0.4, 0.5) is 5.69 Å². The van der Waals surface area contributed by atoms with Crippen molar-refractivity contribution in [2.75, 3.05) is 5.32 Å². The summed E-state index contributed by atoms with van der Waals surface area (Å²) in [7, 11) is 0. The maximum absolute atomic E-state index is 12.5. The maximum Gasteiger partial charge on any atom is 0.306 e. The van der Waals surface area contributed by atoms with Crippen LogP contribution >= 0.6 is 0 Å². The van der Waals surface area contributed by atoms with Crippen LogP contribution in [0.1, 0.15) is 31.7 Å². The monoisotopic (exact) mass is 313 g/mol. The summed E-state index contributed by atoms with van der Waals surface area (Å²) in [6, 6.07) is 7.59. The van der Waals surface area contributed by atoms with Gasteiger partial charge in [0.2, 0.25) is 5.91 Å². The van der Waals surface area contributed by atoms with Crippen LogP contribution in [-0.4, -0.2) is 17.0 Å². The Hall–Kier alpha value is -1.84. The second-order valence-electron chi connectivity index (χ2n) is 7.64. The van der Waals surface area contributed by atoms with E-state index in [1.165, 1.54) is 19.3 Å². The zero-order valence-corrected chi connectivity index (χ0v) is 13.4. The summed E-state index contributed by atoms with van der Waals surface area (Å²) >= 11 is 0. The van der Waals surface area contributed by atoms with Crippen LogP contribution in [0.5, 0.6) is 0 Å². The number of aliphatic carboxylic acids is 1. The molecule has 4 nitrogen and oxygen atoms in total. The fourth-order valence-corrected chi connectivity index (χ4v) is 5.07. The van der Waals surface area contributed by atoms with Gasteiger partial charge in [-0.05, 0) is 67.1 Å². The molecule has 3 aliphatic carbocycles. The van der Waals surface area contributed by atoms with Crippen molar-refractivity contribution in [3.05, 3.63) is 29.8 Å². The molecule has 0 radical (unpaired) electrons. The number of carbonyl (C=O) groups is 2. The van der Waals surface area contributed by atoms with Gasteiger partial charge in [0.05, 0.1) is 5.92 Å². The van der Waals surface area contributed by atoms with E-state index in [4.69, 9.17) is 5.11 Å². The highest BCUT2D eigenvalue weighted by Gasteiger charge is 2.67. The second-order valence-corrected chi connectivity index (χ2v) is 7.64. The van der Waals surface area contributed by atoms with Crippen LogP contribution in [0.15, 0.2) is 24.3 Å². The van der Waals surface area contributed by atoms with E-state index in [9.17, 15) is 9.59 Å². The van der Waals surface area contributed by atoms with E-state index in [2.05, 4.69) is 5.32 Å². The van der Waals surface area contributed by atoms with E-state index in [0.717, 1.165) is 23.1 Å². The minimum absolute atomic E-state index is 0.184. The molecule has 0 aromatic heterocycles. The molecular formula is C19H23NO3. The number of hydrogen-bond acceptors (Lipinski definition) is 2. The number of anilines is 1. The van der Waals surface area contributed by atoms with Crippen LogP contribution in [0.25, 0.3) is 0 Å². The summed E-state index contributed by atoms with van der Waals surface area (Å²) in [5.41, 5.74) is 1.80. The summed E-state index contributed by atoms with van der Waals surface area (Å²) in [6.07, 6.45) is 4.52. The summed E-state index contributed by atoms with van der Waals surface area (Å²) in [4.78, 5) is 23.4. The average molecular weight is 313 g/mol. The number of rotatable bonds is 5. The second kappa shape index (κ2) is 5.36. The maximum atomic E-state index is 12.5. The number of carboxylic acids is 1. The third-order valence-electron chi connectivity index (χ3n) is 6.22. The quantitative estimate of drug-likeness (QED) is 0.877. The molecule has 1 aromatic rings. The molecule has 2 N–H and O–H groups in total. The van der Waals surface area contributed by atoms with E-state index < -0.39 is 11.9 Å². The van der Waals surface area contributed by atoms with Gasteiger partial charge in [0.1, 0.15) is 0 Å². The Labute approximate surface area is 136 Å². The van der Waals surface area contributed by atoms with Crippen molar-refractivity contribution in [1.82, 2.24) is 0 Å². The lowest BCUT2D eigenvalue weighted by atomic mass is 10.0. The third kappa shape index (κ3) is 2.54. The Morgan fingerprint density at radius 1 is 1.17 bits per heavy atom. The van der Waals surface area contributed by atoms with Gasteiger partial charge in [0, 0.05) is 11.6 Å². The molecule has 3 fully saturated rings. The van der Waals surface area contributed by atoms with Crippen LogP contribution in [-0.2, 0) is 16.0 Å². The standard InChI is InChI=1S/C19H23NO3/c1-10(19(22)23)8-11-2-6-14(7-3-11)20-18(21)17-15-12-4-5-13(9-12)16(15)17/h2-3,6-7,10,12-13,15-17H,4-5,8-9H2,1H3,(H,20,21)(H,22,23). The number of nitrogens with one attached hydrogen (secondary N) is 1. The van der Waals surface area contributed by atoms with Crippen LogP contribution in [0, 0.1) is 35.5 Å². The van der Waals surface area contributed by atoms with Gasteiger partial charge in [0.25, 0.3) is 0 Å². The highest BCUT2D eigenvalue weighted by atomic mass is 16.4. The van der Waals surface area contributed by atoms with E-state index in [0.29, 0.717) is 18.3 Å². The molecule has 0 spiro atoms. The van der Waals surface area contributed by atoms with Crippen molar-refractivity contribution in [1.29, 1.82) is 0 Å². The highest BCUT2D eigenvalue weighted by Crippen LogP contribution is 2.69. The molecule has 23 heavy (non-hydrogen) atoms. The number of benzene rings is 1. The Morgan fingerprint density at radius 2 is 1.78 bits per heavy atom. The Balaban J connectivity index is 1.35. The minimum Gasteiger partial charge on any atom is -0.481 e. The molecule has 3 saturated carbocycles. The summed E-state index contributed by atoms with van der Waals surface area (Å²) in [6.45, 7) is 1.71. The smallest absolute Gasteiger partial charge is 0.306 e. The Morgan fingerprint density at radius 3 is 2.35 bits per heavy atom. The molecule has 122 valence electrons. The van der Waals surface area contributed by atoms with Gasteiger partial charge >= 0.3 is 5.97 Å². The topological polar surface area (TPSA) is 66.4 Å². The number of carboxylic acid groups (broad SMARTS) is 1. The third-order valence-corrected chi connectivity index (χ3v) is 6.22. The summed E-state index contributed by atoms with van der Waals surface area (Å²) < 4.78 is 0. The first-order valence-corrected chi connectivity index (χ1v) is 8.67. The predicted molar refractivity (Wildman–Crippen MR) is 86.9 cm³/mol. The summed E-state index contributed by atoms with van der Waals surface area (Å²) in [5.74, 6) is 2.18.